The van der Waals surface area contributed by atoms with Crippen LogP contribution in [0.3, 0.4) is 0 Å². The first-order chi connectivity index (χ1) is 8.67. The lowest BCUT2D eigenvalue weighted by atomic mass is 10.0. The standard InChI is InChI=1S/C14H15BrN2O/c1-10-6-7-17(13(10)8-15)14(18)12-4-2-11(9-16)3-5-12/h2-5,10,13H,6-8H2,1H3. The molecule has 1 aromatic carbocycles. The van der Waals surface area contributed by atoms with Gasteiger partial charge in [0.1, 0.15) is 0 Å². The minimum Gasteiger partial charge on any atom is -0.335 e. The van der Waals surface area contributed by atoms with Gasteiger partial charge in [0.2, 0.25) is 0 Å². The highest BCUT2D eigenvalue weighted by atomic mass is 79.9. The van der Waals surface area contributed by atoms with Crippen molar-refractivity contribution < 1.29 is 4.79 Å². The number of benzene rings is 1. The zero-order valence-electron chi connectivity index (χ0n) is 10.3. The number of nitriles is 1. The van der Waals surface area contributed by atoms with E-state index in [1.807, 2.05) is 4.90 Å². The smallest absolute Gasteiger partial charge is 0.254 e. The number of carbonyl (C=O) groups is 1. The molecular formula is C14H15BrN2O. The highest BCUT2D eigenvalue weighted by molar-refractivity contribution is 9.09. The van der Waals surface area contributed by atoms with Gasteiger partial charge in [0.15, 0.2) is 0 Å². The van der Waals surface area contributed by atoms with Gasteiger partial charge in [0.25, 0.3) is 5.91 Å². The molecule has 0 N–H and O–H groups in total. The summed E-state index contributed by atoms with van der Waals surface area (Å²) in [5.74, 6) is 0.597. The number of hydrogen-bond donors (Lipinski definition) is 0. The zero-order chi connectivity index (χ0) is 13.1. The van der Waals surface area contributed by atoms with Crippen molar-refractivity contribution in [2.45, 2.75) is 19.4 Å². The van der Waals surface area contributed by atoms with Gasteiger partial charge in [-0.1, -0.05) is 22.9 Å². The molecule has 3 nitrogen and oxygen atoms in total. The first-order valence-electron chi connectivity index (χ1n) is 6.04. The largest absolute Gasteiger partial charge is 0.335 e. The zero-order valence-corrected chi connectivity index (χ0v) is 11.9. The van der Waals surface area contributed by atoms with Crippen molar-refractivity contribution in [2.24, 2.45) is 5.92 Å². The Morgan fingerprint density at radius 3 is 2.72 bits per heavy atom. The number of carbonyl (C=O) groups excluding carboxylic acids is 1. The van der Waals surface area contributed by atoms with Crippen LogP contribution < -0.4 is 0 Å². The lowest BCUT2D eigenvalue weighted by molar-refractivity contribution is 0.0738. The van der Waals surface area contributed by atoms with Crippen molar-refractivity contribution in [3.63, 3.8) is 0 Å². The Labute approximate surface area is 116 Å². The van der Waals surface area contributed by atoms with Crippen molar-refractivity contribution in [1.82, 2.24) is 4.90 Å². The van der Waals surface area contributed by atoms with Crippen LogP contribution in [0.4, 0.5) is 0 Å². The summed E-state index contributed by atoms with van der Waals surface area (Å²) in [5.41, 5.74) is 1.24. The molecule has 0 saturated carbocycles. The number of rotatable bonds is 2. The SMILES string of the molecule is CC1CCN(C(=O)c2ccc(C#N)cc2)C1CBr. The second kappa shape index (κ2) is 5.53. The molecule has 0 radical (unpaired) electrons. The molecule has 18 heavy (non-hydrogen) atoms. The van der Waals surface area contributed by atoms with Crippen LogP contribution in [0.1, 0.15) is 29.3 Å². The Hall–Kier alpha value is -1.34. The molecule has 0 aliphatic carbocycles. The average Bonchev–Trinajstić information content (AvgIpc) is 2.79. The maximum atomic E-state index is 12.4. The summed E-state index contributed by atoms with van der Waals surface area (Å²) in [5, 5.41) is 9.56. The number of nitrogens with zero attached hydrogens (tertiary/aromatic N) is 2. The van der Waals surface area contributed by atoms with E-state index in [1.165, 1.54) is 0 Å². The first-order valence-corrected chi connectivity index (χ1v) is 7.16. The van der Waals surface area contributed by atoms with E-state index in [4.69, 9.17) is 5.26 Å². The predicted molar refractivity (Wildman–Crippen MR) is 73.6 cm³/mol. The maximum absolute atomic E-state index is 12.4. The Bertz CT molecular complexity index is 478. The normalized spacial score (nSPS) is 22.8. The minimum atomic E-state index is 0.0632. The van der Waals surface area contributed by atoms with Crippen LogP contribution in [0.15, 0.2) is 24.3 Å². The molecule has 0 spiro atoms. The predicted octanol–water partition coefficient (Wildman–Crippen LogP) is 2.80. The maximum Gasteiger partial charge on any atom is 0.254 e. The topological polar surface area (TPSA) is 44.1 Å². The van der Waals surface area contributed by atoms with Gasteiger partial charge in [-0.05, 0) is 36.6 Å². The molecule has 0 bridgehead atoms. The third kappa shape index (κ3) is 2.41. The Balaban J connectivity index is 2.18. The molecule has 1 aliphatic rings. The van der Waals surface area contributed by atoms with E-state index in [-0.39, 0.29) is 11.9 Å². The molecule has 1 heterocycles. The number of likely N-dealkylation sites (tertiary alicyclic amines) is 1. The van der Waals surface area contributed by atoms with Crippen LogP contribution in [0.2, 0.25) is 0 Å². The monoisotopic (exact) mass is 306 g/mol. The van der Waals surface area contributed by atoms with Gasteiger partial charge in [-0.25, -0.2) is 0 Å². The van der Waals surface area contributed by atoms with Gasteiger partial charge >= 0.3 is 0 Å². The molecule has 1 aliphatic heterocycles. The van der Waals surface area contributed by atoms with Gasteiger partial charge in [-0.2, -0.15) is 5.26 Å². The van der Waals surface area contributed by atoms with Crippen LogP contribution in [-0.2, 0) is 0 Å². The molecule has 1 aromatic rings. The summed E-state index contributed by atoms with van der Waals surface area (Å²) >= 11 is 3.48. The van der Waals surface area contributed by atoms with Crippen LogP contribution in [0.25, 0.3) is 0 Å². The fraction of sp³-hybridized carbons (Fsp3) is 0.429. The molecule has 1 amide bonds. The quantitative estimate of drug-likeness (QED) is 0.789. The summed E-state index contributed by atoms with van der Waals surface area (Å²) in [6.45, 7) is 2.99. The lowest BCUT2D eigenvalue weighted by Crippen LogP contribution is -2.38. The summed E-state index contributed by atoms with van der Waals surface area (Å²) in [7, 11) is 0. The van der Waals surface area contributed by atoms with Gasteiger partial charge in [-0.15, -0.1) is 0 Å². The van der Waals surface area contributed by atoms with Crippen molar-refractivity contribution in [1.29, 1.82) is 5.26 Å². The summed E-state index contributed by atoms with van der Waals surface area (Å²) in [6.07, 6.45) is 1.05. The van der Waals surface area contributed by atoms with Gasteiger partial charge in [0, 0.05) is 23.5 Å². The van der Waals surface area contributed by atoms with Crippen molar-refractivity contribution >= 4 is 21.8 Å². The molecular weight excluding hydrogens is 292 g/mol. The number of amides is 1. The molecule has 1 saturated heterocycles. The van der Waals surface area contributed by atoms with E-state index in [1.54, 1.807) is 24.3 Å². The summed E-state index contributed by atoms with van der Waals surface area (Å²) in [4.78, 5) is 14.3. The van der Waals surface area contributed by atoms with Gasteiger partial charge < -0.3 is 4.90 Å². The summed E-state index contributed by atoms with van der Waals surface area (Å²) < 4.78 is 0. The van der Waals surface area contributed by atoms with Crippen LogP contribution >= 0.6 is 15.9 Å². The second-order valence-electron chi connectivity index (χ2n) is 4.68. The van der Waals surface area contributed by atoms with E-state index in [0.29, 0.717) is 17.0 Å². The van der Waals surface area contributed by atoms with Crippen LogP contribution in [0.5, 0.6) is 0 Å². The molecule has 2 rings (SSSR count). The lowest BCUT2D eigenvalue weighted by Gasteiger charge is -2.25. The molecule has 4 heteroatoms. The van der Waals surface area contributed by atoms with Crippen molar-refractivity contribution in [3.05, 3.63) is 35.4 Å². The average molecular weight is 307 g/mol. The molecule has 2 atom stereocenters. The third-order valence-electron chi connectivity index (χ3n) is 3.56. The highest BCUT2D eigenvalue weighted by Gasteiger charge is 2.33. The fourth-order valence-corrected chi connectivity index (χ4v) is 3.34. The number of alkyl halides is 1. The molecule has 0 aromatic heterocycles. The molecule has 1 fully saturated rings. The highest BCUT2D eigenvalue weighted by Crippen LogP contribution is 2.26. The molecule has 2 unspecified atom stereocenters. The van der Waals surface area contributed by atoms with Crippen molar-refractivity contribution in [3.8, 4) is 6.07 Å². The van der Waals surface area contributed by atoms with E-state index >= 15 is 0 Å². The van der Waals surface area contributed by atoms with Gasteiger partial charge in [0.05, 0.1) is 11.6 Å². The third-order valence-corrected chi connectivity index (χ3v) is 4.23. The second-order valence-corrected chi connectivity index (χ2v) is 5.32. The molecule has 94 valence electrons. The summed E-state index contributed by atoms with van der Waals surface area (Å²) in [6, 6.07) is 9.17. The van der Waals surface area contributed by atoms with E-state index in [2.05, 4.69) is 28.9 Å². The Morgan fingerprint density at radius 2 is 2.17 bits per heavy atom. The first kappa shape index (κ1) is 13.1. The van der Waals surface area contributed by atoms with E-state index in [0.717, 1.165) is 18.3 Å². The number of hydrogen-bond acceptors (Lipinski definition) is 2. The van der Waals surface area contributed by atoms with Crippen LogP contribution in [-0.4, -0.2) is 28.7 Å². The Kier molecular flexibility index (Phi) is 4.03. The van der Waals surface area contributed by atoms with E-state index < -0.39 is 0 Å². The van der Waals surface area contributed by atoms with Crippen LogP contribution in [0, 0.1) is 17.2 Å². The van der Waals surface area contributed by atoms with E-state index in [9.17, 15) is 4.79 Å². The Morgan fingerprint density at radius 1 is 1.50 bits per heavy atom. The fourth-order valence-electron chi connectivity index (χ4n) is 2.35. The minimum absolute atomic E-state index is 0.0632. The van der Waals surface area contributed by atoms with Crippen molar-refractivity contribution in [2.75, 3.05) is 11.9 Å². The van der Waals surface area contributed by atoms with Gasteiger partial charge in [-0.3, -0.25) is 4.79 Å². The number of halogens is 1.